The van der Waals surface area contributed by atoms with Gasteiger partial charge in [0.2, 0.25) is 0 Å². The normalized spacial score (nSPS) is 10.2. The van der Waals surface area contributed by atoms with Crippen LogP contribution in [0.5, 0.6) is 0 Å². The first-order valence-electron chi connectivity index (χ1n) is 3.94. The van der Waals surface area contributed by atoms with Gasteiger partial charge in [-0.2, -0.15) is 0 Å². The number of Topliss-reactive ketones (excluding diaryl/α,β-unsaturated/α-hetero) is 1. The molecule has 0 bridgehead atoms. The SMILES string of the molecule is CCCC(=O)c1cc(C)c(Cl)s1. The first kappa shape index (κ1) is 9.75. The maximum Gasteiger partial charge on any atom is 0.172 e. The molecular weight excluding hydrogens is 192 g/mol. The highest BCUT2D eigenvalue weighted by atomic mass is 35.5. The van der Waals surface area contributed by atoms with E-state index < -0.39 is 0 Å². The Bertz CT molecular complexity index is 271. The summed E-state index contributed by atoms with van der Waals surface area (Å²) in [5, 5.41) is 0. The largest absolute Gasteiger partial charge is 0.293 e. The first-order chi connectivity index (χ1) is 5.65. The van der Waals surface area contributed by atoms with Crippen molar-refractivity contribution < 1.29 is 4.79 Å². The summed E-state index contributed by atoms with van der Waals surface area (Å²) in [6.45, 7) is 3.92. The van der Waals surface area contributed by atoms with Crippen molar-refractivity contribution >= 4 is 28.7 Å². The van der Waals surface area contributed by atoms with Gasteiger partial charge in [0.05, 0.1) is 9.21 Å². The number of rotatable bonds is 3. The summed E-state index contributed by atoms with van der Waals surface area (Å²) in [6.07, 6.45) is 1.52. The van der Waals surface area contributed by atoms with Crippen molar-refractivity contribution in [1.82, 2.24) is 0 Å². The van der Waals surface area contributed by atoms with Crippen LogP contribution in [0.2, 0.25) is 4.34 Å². The van der Waals surface area contributed by atoms with Crippen molar-refractivity contribution in [3.05, 3.63) is 20.8 Å². The van der Waals surface area contributed by atoms with Gasteiger partial charge in [0.1, 0.15) is 0 Å². The molecule has 0 aliphatic heterocycles. The number of hydrogen-bond donors (Lipinski definition) is 0. The summed E-state index contributed by atoms with van der Waals surface area (Å²) in [4.78, 5) is 12.2. The van der Waals surface area contributed by atoms with Crippen LogP contribution in [0.25, 0.3) is 0 Å². The second-order valence-electron chi connectivity index (χ2n) is 2.74. The van der Waals surface area contributed by atoms with E-state index in [0.717, 1.165) is 21.2 Å². The predicted octanol–water partition coefficient (Wildman–Crippen LogP) is 3.69. The van der Waals surface area contributed by atoms with Crippen LogP contribution >= 0.6 is 22.9 Å². The third kappa shape index (κ3) is 2.08. The first-order valence-corrected chi connectivity index (χ1v) is 5.13. The van der Waals surface area contributed by atoms with Crippen molar-refractivity contribution in [3.63, 3.8) is 0 Å². The Labute approximate surface area is 81.4 Å². The van der Waals surface area contributed by atoms with Crippen LogP contribution in [-0.2, 0) is 0 Å². The van der Waals surface area contributed by atoms with E-state index in [9.17, 15) is 4.79 Å². The Hall–Kier alpha value is -0.340. The molecule has 0 radical (unpaired) electrons. The maximum atomic E-state index is 11.4. The van der Waals surface area contributed by atoms with Crippen molar-refractivity contribution in [3.8, 4) is 0 Å². The number of hydrogen-bond acceptors (Lipinski definition) is 2. The third-order valence-corrected chi connectivity index (χ3v) is 3.21. The van der Waals surface area contributed by atoms with Crippen LogP contribution in [0.4, 0.5) is 0 Å². The molecule has 0 N–H and O–H groups in total. The van der Waals surface area contributed by atoms with Crippen molar-refractivity contribution in [2.45, 2.75) is 26.7 Å². The van der Waals surface area contributed by atoms with Gasteiger partial charge >= 0.3 is 0 Å². The lowest BCUT2D eigenvalue weighted by atomic mass is 10.2. The molecule has 1 aromatic rings. The zero-order valence-electron chi connectivity index (χ0n) is 7.19. The summed E-state index contributed by atoms with van der Waals surface area (Å²) in [7, 11) is 0. The van der Waals surface area contributed by atoms with E-state index >= 15 is 0 Å². The standard InChI is InChI=1S/C9H11ClOS/c1-3-4-7(11)8-5-6(2)9(10)12-8/h5H,3-4H2,1-2H3. The zero-order chi connectivity index (χ0) is 9.14. The molecular formula is C9H11ClOS. The molecule has 0 aromatic carbocycles. The van der Waals surface area contributed by atoms with E-state index in [1.807, 2.05) is 19.9 Å². The van der Waals surface area contributed by atoms with Crippen LogP contribution in [-0.4, -0.2) is 5.78 Å². The van der Waals surface area contributed by atoms with E-state index in [1.54, 1.807) is 0 Å². The number of carbonyl (C=O) groups is 1. The summed E-state index contributed by atoms with van der Waals surface area (Å²) in [5.74, 6) is 0.206. The molecule has 0 fully saturated rings. The lowest BCUT2D eigenvalue weighted by Crippen LogP contribution is -1.93. The number of halogens is 1. The van der Waals surface area contributed by atoms with Gasteiger partial charge < -0.3 is 0 Å². The fraction of sp³-hybridized carbons (Fsp3) is 0.444. The minimum atomic E-state index is 0.206. The van der Waals surface area contributed by atoms with E-state index in [2.05, 4.69) is 0 Å². The molecule has 0 saturated carbocycles. The van der Waals surface area contributed by atoms with Crippen molar-refractivity contribution in [2.24, 2.45) is 0 Å². The Morgan fingerprint density at radius 2 is 2.33 bits per heavy atom. The molecule has 1 aromatic heterocycles. The van der Waals surface area contributed by atoms with Gasteiger partial charge in [0, 0.05) is 6.42 Å². The molecule has 0 aliphatic rings. The van der Waals surface area contributed by atoms with Gasteiger partial charge in [-0.25, -0.2) is 0 Å². The molecule has 1 rings (SSSR count). The predicted molar refractivity (Wildman–Crippen MR) is 53.3 cm³/mol. The number of carbonyl (C=O) groups excluding carboxylic acids is 1. The quantitative estimate of drug-likeness (QED) is 0.684. The zero-order valence-corrected chi connectivity index (χ0v) is 8.76. The monoisotopic (exact) mass is 202 g/mol. The Morgan fingerprint density at radius 3 is 2.75 bits per heavy atom. The lowest BCUT2D eigenvalue weighted by molar-refractivity contribution is 0.0985. The van der Waals surface area contributed by atoms with Gasteiger partial charge in [-0.05, 0) is 25.0 Å². The fourth-order valence-corrected chi connectivity index (χ4v) is 2.12. The van der Waals surface area contributed by atoms with Crippen LogP contribution in [0.1, 0.15) is 35.0 Å². The summed E-state index contributed by atoms with van der Waals surface area (Å²) in [5.41, 5.74) is 1.00. The average molecular weight is 203 g/mol. The van der Waals surface area contributed by atoms with Crippen molar-refractivity contribution in [2.75, 3.05) is 0 Å². The number of thiophene rings is 1. The number of ketones is 1. The molecule has 0 unspecified atom stereocenters. The van der Waals surface area contributed by atoms with Crippen LogP contribution in [0.3, 0.4) is 0 Å². The van der Waals surface area contributed by atoms with E-state index in [4.69, 9.17) is 11.6 Å². The highest BCUT2D eigenvalue weighted by Crippen LogP contribution is 2.27. The Balaban J connectivity index is 2.82. The third-order valence-electron chi connectivity index (χ3n) is 1.61. The van der Waals surface area contributed by atoms with E-state index in [0.29, 0.717) is 6.42 Å². The lowest BCUT2D eigenvalue weighted by Gasteiger charge is -1.91. The topological polar surface area (TPSA) is 17.1 Å². The minimum absolute atomic E-state index is 0.206. The van der Waals surface area contributed by atoms with Crippen molar-refractivity contribution in [1.29, 1.82) is 0 Å². The molecule has 0 saturated heterocycles. The second kappa shape index (κ2) is 4.06. The fourth-order valence-electron chi connectivity index (χ4n) is 0.948. The highest BCUT2D eigenvalue weighted by Gasteiger charge is 2.09. The molecule has 12 heavy (non-hydrogen) atoms. The van der Waals surface area contributed by atoms with Gasteiger partial charge in [-0.15, -0.1) is 11.3 Å². The van der Waals surface area contributed by atoms with Gasteiger partial charge in [0.15, 0.2) is 5.78 Å². The summed E-state index contributed by atoms with van der Waals surface area (Å²) >= 11 is 7.22. The van der Waals surface area contributed by atoms with Crippen LogP contribution in [0.15, 0.2) is 6.07 Å². The second-order valence-corrected chi connectivity index (χ2v) is 4.39. The maximum absolute atomic E-state index is 11.4. The smallest absolute Gasteiger partial charge is 0.172 e. The molecule has 0 atom stereocenters. The molecule has 0 amide bonds. The van der Waals surface area contributed by atoms with Gasteiger partial charge in [-0.3, -0.25) is 4.79 Å². The summed E-state index contributed by atoms with van der Waals surface area (Å²) in [6, 6.07) is 1.87. The van der Waals surface area contributed by atoms with E-state index in [1.165, 1.54) is 11.3 Å². The molecule has 1 nitrogen and oxygen atoms in total. The molecule has 0 aliphatic carbocycles. The van der Waals surface area contributed by atoms with Gasteiger partial charge in [-0.1, -0.05) is 18.5 Å². The highest BCUT2D eigenvalue weighted by molar-refractivity contribution is 7.18. The van der Waals surface area contributed by atoms with Crippen LogP contribution in [0, 0.1) is 6.92 Å². The van der Waals surface area contributed by atoms with E-state index in [-0.39, 0.29) is 5.78 Å². The van der Waals surface area contributed by atoms with Gasteiger partial charge in [0.25, 0.3) is 0 Å². The molecule has 3 heteroatoms. The Morgan fingerprint density at radius 1 is 1.67 bits per heavy atom. The molecule has 66 valence electrons. The summed E-state index contributed by atoms with van der Waals surface area (Å²) < 4.78 is 0.731. The Kier molecular flexibility index (Phi) is 3.29. The average Bonchev–Trinajstić information content (AvgIpc) is 2.33. The number of aryl methyl sites for hydroxylation is 1. The van der Waals surface area contributed by atoms with Crippen LogP contribution < -0.4 is 0 Å². The molecule has 0 spiro atoms. The minimum Gasteiger partial charge on any atom is -0.293 e. The molecule has 1 heterocycles.